The van der Waals surface area contributed by atoms with Crippen LogP contribution in [0.25, 0.3) is 11.1 Å². The van der Waals surface area contributed by atoms with E-state index in [-0.39, 0.29) is 22.4 Å². The molecule has 2 aromatic heterocycles. The lowest BCUT2D eigenvalue weighted by Gasteiger charge is -2.13. The first-order valence-electron chi connectivity index (χ1n) is 6.46. The summed E-state index contributed by atoms with van der Waals surface area (Å²) in [5.74, 6) is -1.57. The average Bonchev–Trinajstić information content (AvgIpc) is 2.75. The van der Waals surface area contributed by atoms with Crippen molar-refractivity contribution in [2.24, 2.45) is 0 Å². The third kappa shape index (κ3) is 2.78. The number of furan rings is 1. The second-order valence-corrected chi connectivity index (χ2v) is 4.60. The van der Waals surface area contributed by atoms with Crippen molar-refractivity contribution in [2.45, 2.75) is 32.7 Å². The molecule has 0 aromatic carbocycles. The molecule has 0 spiro atoms. The number of aliphatic carboxylic acids is 1. The Bertz CT molecular complexity index is 746. The summed E-state index contributed by atoms with van der Waals surface area (Å²) in [6.45, 7) is 3.33. The molecule has 8 heteroatoms. The maximum Gasteiger partial charge on any atom is 0.326 e. The van der Waals surface area contributed by atoms with Gasteiger partial charge in [-0.1, -0.05) is 13.3 Å². The molecule has 1 amide bonds. The van der Waals surface area contributed by atoms with Gasteiger partial charge >= 0.3 is 5.97 Å². The van der Waals surface area contributed by atoms with E-state index in [0.29, 0.717) is 12.8 Å². The molecule has 1 atom stereocenters. The summed E-state index contributed by atoms with van der Waals surface area (Å²) in [6, 6.07) is -1.01. The zero-order chi connectivity index (χ0) is 15.6. The molecule has 2 heterocycles. The molecular weight excluding hydrogens is 278 g/mol. The van der Waals surface area contributed by atoms with Gasteiger partial charge in [0.15, 0.2) is 0 Å². The van der Waals surface area contributed by atoms with Gasteiger partial charge in [-0.05, 0) is 13.3 Å². The largest absolute Gasteiger partial charge is 0.480 e. The Kier molecular flexibility index (Phi) is 4.06. The van der Waals surface area contributed by atoms with Crippen LogP contribution in [0.15, 0.2) is 15.5 Å². The van der Waals surface area contributed by atoms with Gasteiger partial charge in [-0.25, -0.2) is 9.78 Å². The predicted molar refractivity (Wildman–Crippen MR) is 73.2 cm³/mol. The van der Waals surface area contributed by atoms with Crippen molar-refractivity contribution in [3.8, 4) is 0 Å². The van der Waals surface area contributed by atoms with Gasteiger partial charge in [-0.15, -0.1) is 0 Å². The quantitative estimate of drug-likeness (QED) is 0.749. The van der Waals surface area contributed by atoms with E-state index in [2.05, 4.69) is 15.3 Å². The lowest BCUT2D eigenvalue weighted by atomic mass is 10.1. The van der Waals surface area contributed by atoms with Gasteiger partial charge in [0.25, 0.3) is 11.5 Å². The van der Waals surface area contributed by atoms with E-state index >= 15 is 0 Å². The van der Waals surface area contributed by atoms with Crippen molar-refractivity contribution in [3.63, 3.8) is 0 Å². The first-order valence-corrected chi connectivity index (χ1v) is 6.46. The minimum Gasteiger partial charge on any atom is -0.480 e. The molecule has 0 fully saturated rings. The summed E-state index contributed by atoms with van der Waals surface area (Å²) in [5.41, 5.74) is -0.449. The molecular formula is C13H15N3O5. The standard InChI is InChI=1S/C13H15N3O5/c1-3-4-7(13(19)20)16-11(18)8-6(2)21-12-9(8)10(17)14-5-15-12/h5,7H,3-4H2,1-2H3,(H,16,18)(H,19,20)(H,14,15,17)/t7-/m1/s1. The van der Waals surface area contributed by atoms with E-state index in [1.54, 1.807) is 0 Å². The number of carboxylic acids is 1. The van der Waals surface area contributed by atoms with Crippen molar-refractivity contribution < 1.29 is 19.1 Å². The fourth-order valence-corrected chi connectivity index (χ4v) is 2.10. The van der Waals surface area contributed by atoms with Gasteiger partial charge < -0.3 is 19.8 Å². The molecule has 0 radical (unpaired) electrons. The maximum absolute atomic E-state index is 12.3. The van der Waals surface area contributed by atoms with Gasteiger partial charge in [-0.2, -0.15) is 0 Å². The Labute approximate surface area is 119 Å². The molecule has 0 aliphatic carbocycles. The number of nitrogens with one attached hydrogen (secondary N) is 2. The van der Waals surface area contributed by atoms with E-state index in [4.69, 9.17) is 9.52 Å². The number of carboxylic acid groups (broad SMARTS) is 1. The molecule has 0 saturated heterocycles. The number of H-pyrrole nitrogens is 1. The predicted octanol–water partition coefficient (Wildman–Crippen LogP) is 0.808. The third-order valence-corrected chi connectivity index (χ3v) is 3.08. The van der Waals surface area contributed by atoms with E-state index in [1.165, 1.54) is 13.3 Å². The fourth-order valence-electron chi connectivity index (χ4n) is 2.10. The highest BCUT2D eigenvalue weighted by molar-refractivity contribution is 6.07. The highest BCUT2D eigenvalue weighted by atomic mass is 16.4. The molecule has 0 aliphatic heterocycles. The van der Waals surface area contributed by atoms with Gasteiger partial charge in [0.1, 0.15) is 17.2 Å². The van der Waals surface area contributed by atoms with Crippen LogP contribution in [0.1, 0.15) is 35.9 Å². The number of nitrogens with zero attached hydrogens (tertiary/aromatic N) is 1. The van der Waals surface area contributed by atoms with E-state index in [9.17, 15) is 14.4 Å². The minimum atomic E-state index is -1.12. The smallest absolute Gasteiger partial charge is 0.326 e. The lowest BCUT2D eigenvalue weighted by Crippen LogP contribution is -2.41. The van der Waals surface area contributed by atoms with Gasteiger partial charge in [0, 0.05) is 0 Å². The average molecular weight is 293 g/mol. The summed E-state index contributed by atoms with van der Waals surface area (Å²) >= 11 is 0. The molecule has 2 aromatic rings. The van der Waals surface area contributed by atoms with E-state index in [0.717, 1.165) is 0 Å². The van der Waals surface area contributed by atoms with Crippen LogP contribution in [0.4, 0.5) is 0 Å². The first kappa shape index (κ1) is 14.8. The monoisotopic (exact) mass is 293 g/mol. The number of aromatic amines is 1. The van der Waals surface area contributed by atoms with Crippen molar-refractivity contribution in [3.05, 3.63) is 28.0 Å². The number of carbonyl (C=O) groups is 2. The fraction of sp³-hybridized carbons (Fsp3) is 0.385. The molecule has 112 valence electrons. The van der Waals surface area contributed by atoms with Crippen molar-refractivity contribution in [1.29, 1.82) is 0 Å². The number of hydrogen-bond acceptors (Lipinski definition) is 5. The molecule has 3 N–H and O–H groups in total. The number of hydrogen-bond donors (Lipinski definition) is 3. The molecule has 0 bridgehead atoms. The Hall–Kier alpha value is -2.64. The van der Waals surface area contributed by atoms with E-state index in [1.807, 2.05) is 6.92 Å². The molecule has 8 nitrogen and oxygen atoms in total. The Balaban J connectivity index is 2.42. The van der Waals surface area contributed by atoms with Crippen LogP contribution in [0.5, 0.6) is 0 Å². The van der Waals surface area contributed by atoms with Crippen LogP contribution in [0.3, 0.4) is 0 Å². The number of amides is 1. The number of rotatable bonds is 5. The normalized spacial score (nSPS) is 12.3. The van der Waals surface area contributed by atoms with E-state index < -0.39 is 23.5 Å². The topological polar surface area (TPSA) is 125 Å². The number of carbonyl (C=O) groups excluding carboxylic acids is 1. The summed E-state index contributed by atoms with van der Waals surface area (Å²) in [4.78, 5) is 41.4. The summed E-state index contributed by atoms with van der Waals surface area (Å²) in [7, 11) is 0. The zero-order valence-electron chi connectivity index (χ0n) is 11.6. The lowest BCUT2D eigenvalue weighted by molar-refractivity contribution is -0.139. The third-order valence-electron chi connectivity index (χ3n) is 3.08. The molecule has 0 saturated carbocycles. The minimum absolute atomic E-state index is 0.0155. The van der Waals surface area contributed by atoms with Crippen LogP contribution in [0.2, 0.25) is 0 Å². The van der Waals surface area contributed by atoms with Gasteiger partial charge in [-0.3, -0.25) is 9.59 Å². The van der Waals surface area contributed by atoms with Crippen LogP contribution in [-0.4, -0.2) is 33.0 Å². The van der Waals surface area contributed by atoms with Crippen LogP contribution < -0.4 is 10.9 Å². The number of fused-ring (bicyclic) bond motifs is 1. The molecule has 2 rings (SSSR count). The summed E-state index contributed by atoms with van der Waals surface area (Å²) in [6.07, 6.45) is 2.07. The van der Waals surface area contributed by atoms with Crippen molar-refractivity contribution >= 4 is 23.0 Å². The van der Waals surface area contributed by atoms with Crippen molar-refractivity contribution in [2.75, 3.05) is 0 Å². The first-order chi connectivity index (χ1) is 9.95. The SMILES string of the molecule is CCC[C@@H](NC(=O)c1c(C)oc2nc[nH]c(=O)c12)C(=O)O. The zero-order valence-corrected chi connectivity index (χ0v) is 11.6. The van der Waals surface area contributed by atoms with Crippen molar-refractivity contribution in [1.82, 2.24) is 15.3 Å². The second kappa shape index (κ2) is 5.78. The van der Waals surface area contributed by atoms with Crippen LogP contribution >= 0.6 is 0 Å². The van der Waals surface area contributed by atoms with Crippen LogP contribution in [0, 0.1) is 6.92 Å². The van der Waals surface area contributed by atoms with Crippen LogP contribution in [-0.2, 0) is 4.79 Å². The highest BCUT2D eigenvalue weighted by Crippen LogP contribution is 2.20. The highest BCUT2D eigenvalue weighted by Gasteiger charge is 2.25. The second-order valence-electron chi connectivity index (χ2n) is 4.60. The molecule has 0 aliphatic rings. The Morgan fingerprint density at radius 3 is 2.86 bits per heavy atom. The number of aryl methyl sites for hydroxylation is 1. The summed E-state index contributed by atoms with van der Waals surface area (Å²) < 4.78 is 5.26. The van der Waals surface area contributed by atoms with Gasteiger partial charge in [0.2, 0.25) is 5.71 Å². The van der Waals surface area contributed by atoms with Gasteiger partial charge in [0.05, 0.1) is 11.9 Å². The molecule has 0 unspecified atom stereocenters. The number of aromatic nitrogens is 2. The summed E-state index contributed by atoms with van der Waals surface area (Å²) in [5, 5.41) is 11.5. The Morgan fingerprint density at radius 1 is 1.52 bits per heavy atom. The molecule has 21 heavy (non-hydrogen) atoms. The Morgan fingerprint density at radius 2 is 2.24 bits per heavy atom. The maximum atomic E-state index is 12.3.